The Bertz CT molecular complexity index is 1350. The number of benzene rings is 3. The van der Waals surface area contributed by atoms with Gasteiger partial charge in [-0.15, -0.1) is 0 Å². The number of rotatable bonds is 9. The summed E-state index contributed by atoms with van der Waals surface area (Å²) >= 11 is 5.40. The summed E-state index contributed by atoms with van der Waals surface area (Å²) in [4.78, 5) is 26.9. The maximum atomic E-state index is 13.1. The standard InChI is InChI=1S/C28H27N3O5S/c1-4-35-21-12-10-20(11-13-21)31-27(33)23(30-28(31)37)15-19-9-14-24(25(16-19)34-3)36-17-26(32)29-22-8-6-5-7-18(22)2/h5-16H,4,17H2,1-3H3,(H,29,32)(H,30,37)/b23-15+. The second-order valence-corrected chi connectivity index (χ2v) is 8.50. The molecule has 0 spiro atoms. The number of nitrogens with zero attached hydrogens (tertiary/aromatic N) is 1. The first-order chi connectivity index (χ1) is 17.9. The molecule has 0 aliphatic carbocycles. The number of ether oxygens (including phenoxy) is 3. The Morgan fingerprint density at radius 3 is 2.51 bits per heavy atom. The number of amides is 2. The molecule has 0 unspecified atom stereocenters. The number of anilines is 2. The molecular weight excluding hydrogens is 490 g/mol. The van der Waals surface area contributed by atoms with Crippen molar-refractivity contribution in [3.8, 4) is 17.2 Å². The van der Waals surface area contributed by atoms with Crippen LogP contribution in [0.2, 0.25) is 0 Å². The number of carbonyl (C=O) groups is 2. The molecule has 1 aliphatic heterocycles. The molecule has 0 aromatic heterocycles. The molecule has 1 fully saturated rings. The molecule has 2 amide bonds. The van der Waals surface area contributed by atoms with Crippen LogP contribution in [0.15, 0.2) is 72.4 Å². The average Bonchev–Trinajstić information content (AvgIpc) is 3.17. The van der Waals surface area contributed by atoms with E-state index in [4.69, 9.17) is 26.4 Å². The summed E-state index contributed by atoms with van der Waals surface area (Å²) in [5, 5.41) is 6.09. The van der Waals surface area contributed by atoms with Crippen molar-refractivity contribution in [2.75, 3.05) is 30.5 Å². The topological polar surface area (TPSA) is 89.1 Å². The fourth-order valence-corrected chi connectivity index (χ4v) is 4.03. The van der Waals surface area contributed by atoms with E-state index in [1.807, 2.05) is 38.1 Å². The van der Waals surface area contributed by atoms with Crippen LogP contribution >= 0.6 is 12.2 Å². The highest BCUT2D eigenvalue weighted by Crippen LogP contribution is 2.30. The molecule has 1 aliphatic rings. The van der Waals surface area contributed by atoms with E-state index in [2.05, 4.69) is 10.6 Å². The number of thiocarbonyl (C=S) groups is 1. The second-order valence-electron chi connectivity index (χ2n) is 8.12. The zero-order valence-electron chi connectivity index (χ0n) is 20.7. The third-order valence-corrected chi connectivity index (χ3v) is 5.85. The fraction of sp³-hybridized carbons (Fsp3) is 0.179. The Kier molecular flexibility index (Phi) is 8.05. The molecule has 37 heavy (non-hydrogen) atoms. The Morgan fingerprint density at radius 1 is 1.05 bits per heavy atom. The minimum Gasteiger partial charge on any atom is -0.494 e. The van der Waals surface area contributed by atoms with Crippen LogP contribution in [0.25, 0.3) is 6.08 Å². The molecule has 0 bridgehead atoms. The van der Waals surface area contributed by atoms with E-state index >= 15 is 0 Å². The third-order valence-electron chi connectivity index (χ3n) is 5.56. The van der Waals surface area contributed by atoms with Gasteiger partial charge in [-0.05, 0) is 85.7 Å². The van der Waals surface area contributed by atoms with Crippen molar-refractivity contribution in [1.29, 1.82) is 0 Å². The van der Waals surface area contributed by atoms with E-state index in [-0.39, 0.29) is 23.5 Å². The summed E-state index contributed by atoms with van der Waals surface area (Å²) in [5.74, 6) is 0.985. The van der Waals surface area contributed by atoms with Crippen molar-refractivity contribution in [2.24, 2.45) is 0 Å². The quantitative estimate of drug-likeness (QED) is 0.315. The van der Waals surface area contributed by atoms with Crippen LogP contribution in [0.3, 0.4) is 0 Å². The highest BCUT2D eigenvalue weighted by atomic mass is 32.1. The molecular formula is C28H27N3O5S. The largest absolute Gasteiger partial charge is 0.494 e. The first-order valence-corrected chi connectivity index (χ1v) is 12.1. The normalized spacial score (nSPS) is 13.9. The minimum atomic E-state index is -0.286. The van der Waals surface area contributed by atoms with Crippen molar-refractivity contribution in [1.82, 2.24) is 5.32 Å². The lowest BCUT2D eigenvalue weighted by atomic mass is 10.1. The van der Waals surface area contributed by atoms with Crippen LogP contribution in [0, 0.1) is 6.92 Å². The minimum absolute atomic E-state index is 0.184. The number of hydrogen-bond donors (Lipinski definition) is 2. The maximum absolute atomic E-state index is 13.1. The maximum Gasteiger partial charge on any atom is 0.281 e. The number of methoxy groups -OCH3 is 1. The molecule has 4 rings (SSSR count). The fourth-order valence-electron chi connectivity index (χ4n) is 3.73. The van der Waals surface area contributed by atoms with Crippen LogP contribution in [0.5, 0.6) is 17.2 Å². The molecule has 190 valence electrons. The van der Waals surface area contributed by atoms with Crippen LogP contribution in [-0.4, -0.2) is 37.3 Å². The van der Waals surface area contributed by atoms with Crippen LogP contribution < -0.4 is 29.7 Å². The molecule has 1 saturated heterocycles. The van der Waals surface area contributed by atoms with Crippen molar-refractivity contribution >= 4 is 46.6 Å². The Morgan fingerprint density at radius 2 is 1.81 bits per heavy atom. The van der Waals surface area contributed by atoms with Gasteiger partial charge in [-0.3, -0.25) is 14.5 Å². The Labute approximate surface area is 220 Å². The first-order valence-electron chi connectivity index (χ1n) is 11.7. The molecule has 0 atom stereocenters. The monoisotopic (exact) mass is 517 g/mol. The van der Waals surface area contributed by atoms with Crippen LogP contribution in [-0.2, 0) is 9.59 Å². The van der Waals surface area contributed by atoms with Gasteiger partial charge >= 0.3 is 0 Å². The van der Waals surface area contributed by atoms with E-state index in [9.17, 15) is 9.59 Å². The summed E-state index contributed by atoms with van der Waals surface area (Å²) in [5.41, 5.74) is 3.35. The van der Waals surface area contributed by atoms with Crippen molar-refractivity contribution in [3.05, 3.63) is 83.6 Å². The Hall–Kier alpha value is -4.37. The first kappa shape index (κ1) is 25.7. The van der Waals surface area contributed by atoms with Crippen molar-refractivity contribution in [2.45, 2.75) is 13.8 Å². The van der Waals surface area contributed by atoms with Crippen LogP contribution in [0.1, 0.15) is 18.1 Å². The van der Waals surface area contributed by atoms with Gasteiger partial charge in [0.25, 0.3) is 11.8 Å². The lowest BCUT2D eigenvalue weighted by molar-refractivity contribution is -0.118. The van der Waals surface area contributed by atoms with Gasteiger partial charge in [0.05, 0.1) is 19.4 Å². The summed E-state index contributed by atoms with van der Waals surface area (Å²) in [7, 11) is 1.51. The highest BCUT2D eigenvalue weighted by molar-refractivity contribution is 7.80. The summed E-state index contributed by atoms with van der Waals surface area (Å²) in [6, 6.07) is 19.8. The molecule has 0 saturated carbocycles. The number of para-hydroxylation sites is 1. The molecule has 1 heterocycles. The lowest BCUT2D eigenvalue weighted by Crippen LogP contribution is -2.30. The average molecular weight is 518 g/mol. The van der Waals surface area contributed by atoms with Gasteiger partial charge in [-0.1, -0.05) is 24.3 Å². The zero-order chi connectivity index (χ0) is 26.4. The number of carbonyl (C=O) groups excluding carboxylic acids is 2. The SMILES string of the molecule is CCOc1ccc(N2C(=O)/C(=C\c3ccc(OCC(=O)Nc4ccccc4C)c(OC)c3)NC2=S)cc1. The van der Waals surface area contributed by atoms with Gasteiger partial charge in [0.2, 0.25) is 0 Å². The zero-order valence-corrected chi connectivity index (χ0v) is 21.6. The van der Waals surface area contributed by atoms with Gasteiger partial charge < -0.3 is 24.8 Å². The highest BCUT2D eigenvalue weighted by Gasteiger charge is 2.32. The van der Waals surface area contributed by atoms with Crippen LogP contribution in [0.4, 0.5) is 11.4 Å². The Balaban J connectivity index is 1.44. The molecule has 3 aromatic rings. The lowest BCUT2D eigenvalue weighted by Gasteiger charge is -2.14. The van der Waals surface area contributed by atoms with E-state index in [1.165, 1.54) is 12.0 Å². The third kappa shape index (κ3) is 6.07. The number of aryl methyl sites for hydroxylation is 1. The summed E-state index contributed by atoms with van der Waals surface area (Å²) in [6.07, 6.45) is 1.68. The smallest absolute Gasteiger partial charge is 0.281 e. The van der Waals surface area contributed by atoms with E-state index in [0.717, 1.165) is 17.0 Å². The van der Waals surface area contributed by atoms with Gasteiger partial charge in [0.15, 0.2) is 23.2 Å². The van der Waals surface area contributed by atoms with Crippen molar-refractivity contribution < 1.29 is 23.8 Å². The van der Waals surface area contributed by atoms with Gasteiger partial charge in [0, 0.05) is 5.69 Å². The van der Waals surface area contributed by atoms with Crippen molar-refractivity contribution in [3.63, 3.8) is 0 Å². The predicted octanol–water partition coefficient (Wildman–Crippen LogP) is 4.68. The predicted molar refractivity (Wildman–Crippen MR) is 147 cm³/mol. The van der Waals surface area contributed by atoms with Gasteiger partial charge in [-0.2, -0.15) is 0 Å². The van der Waals surface area contributed by atoms with Gasteiger partial charge in [-0.25, -0.2) is 0 Å². The summed E-state index contributed by atoms with van der Waals surface area (Å²) in [6.45, 7) is 4.20. The summed E-state index contributed by atoms with van der Waals surface area (Å²) < 4.78 is 16.6. The molecule has 0 radical (unpaired) electrons. The molecule has 8 nitrogen and oxygen atoms in total. The molecule has 9 heteroatoms. The number of nitrogens with one attached hydrogen (secondary N) is 2. The van der Waals surface area contributed by atoms with E-state index in [1.54, 1.807) is 48.5 Å². The van der Waals surface area contributed by atoms with E-state index < -0.39 is 0 Å². The molecule has 3 aromatic carbocycles. The number of hydrogen-bond acceptors (Lipinski definition) is 6. The van der Waals surface area contributed by atoms with Gasteiger partial charge in [0.1, 0.15) is 11.4 Å². The molecule has 2 N–H and O–H groups in total. The second kappa shape index (κ2) is 11.6. The van der Waals surface area contributed by atoms with E-state index in [0.29, 0.717) is 35.1 Å².